The van der Waals surface area contributed by atoms with Crippen LogP contribution in [0.5, 0.6) is 0 Å². The van der Waals surface area contributed by atoms with Crippen LogP contribution in [0.3, 0.4) is 0 Å². The molecule has 3 aromatic heterocycles. The molecule has 2 fully saturated rings. The molecule has 0 bridgehead atoms. The van der Waals surface area contributed by atoms with Crippen LogP contribution in [-0.4, -0.2) is 42.7 Å². The van der Waals surface area contributed by atoms with E-state index in [-0.39, 0.29) is 11.9 Å². The maximum atomic E-state index is 14.8. The molecule has 28 heavy (non-hydrogen) atoms. The second-order valence-corrected chi connectivity index (χ2v) is 8.37. The van der Waals surface area contributed by atoms with E-state index in [0.717, 1.165) is 42.8 Å². The summed E-state index contributed by atoms with van der Waals surface area (Å²) < 4.78 is 16.6. The molecule has 0 radical (unpaired) electrons. The molecule has 1 aromatic carbocycles. The fourth-order valence-electron chi connectivity index (χ4n) is 4.56. The monoisotopic (exact) mass is 377 g/mol. The van der Waals surface area contributed by atoms with E-state index in [1.165, 1.54) is 6.07 Å². The van der Waals surface area contributed by atoms with Gasteiger partial charge in [0, 0.05) is 18.7 Å². The Bertz CT molecular complexity index is 1240. The molecule has 7 nitrogen and oxygen atoms in total. The van der Waals surface area contributed by atoms with E-state index in [0.29, 0.717) is 27.7 Å². The molecule has 4 heterocycles. The van der Waals surface area contributed by atoms with Gasteiger partial charge in [-0.3, -0.25) is 0 Å². The van der Waals surface area contributed by atoms with Crippen molar-refractivity contribution in [2.45, 2.75) is 32.7 Å². The number of aryl methyl sites for hydroxylation is 2. The van der Waals surface area contributed by atoms with Crippen molar-refractivity contribution >= 4 is 16.7 Å². The molecule has 1 aliphatic carbocycles. The number of nitrogens with one attached hydrogen (secondary N) is 1. The van der Waals surface area contributed by atoms with Gasteiger partial charge in [-0.15, -0.1) is 5.10 Å². The van der Waals surface area contributed by atoms with Crippen LogP contribution in [0.2, 0.25) is 0 Å². The fourth-order valence-corrected chi connectivity index (χ4v) is 4.56. The Hall–Kier alpha value is -2.87. The Morgan fingerprint density at radius 1 is 1.11 bits per heavy atom. The minimum atomic E-state index is -0.362. The van der Waals surface area contributed by atoms with E-state index in [1.54, 1.807) is 9.31 Å². The molecule has 1 saturated carbocycles. The van der Waals surface area contributed by atoms with E-state index in [4.69, 9.17) is 0 Å². The van der Waals surface area contributed by atoms with Gasteiger partial charge < -0.3 is 5.32 Å². The number of imidazole rings is 1. The highest BCUT2D eigenvalue weighted by atomic mass is 19.1. The van der Waals surface area contributed by atoms with Gasteiger partial charge in [-0.05, 0) is 55.9 Å². The van der Waals surface area contributed by atoms with E-state index in [2.05, 4.69) is 25.6 Å². The first-order valence-corrected chi connectivity index (χ1v) is 9.61. The van der Waals surface area contributed by atoms with Crippen LogP contribution >= 0.6 is 0 Å². The summed E-state index contributed by atoms with van der Waals surface area (Å²) in [7, 11) is 0. The van der Waals surface area contributed by atoms with Gasteiger partial charge in [-0.25, -0.2) is 13.9 Å². The molecular weight excluding hydrogens is 357 g/mol. The third kappa shape index (κ3) is 2.24. The summed E-state index contributed by atoms with van der Waals surface area (Å²) >= 11 is 0. The van der Waals surface area contributed by atoms with E-state index < -0.39 is 0 Å². The first-order valence-electron chi connectivity index (χ1n) is 9.61. The second-order valence-electron chi connectivity index (χ2n) is 8.37. The van der Waals surface area contributed by atoms with Gasteiger partial charge in [-0.2, -0.15) is 15.0 Å². The smallest absolute Gasteiger partial charge is 0.156 e. The maximum Gasteiger partial charge on any atom is 0.156 e. The summed E-state index contributed by atoms with van der Waals surface area (Å²) in [5.41, 5.74) is 5.43. The van der Waals surface area contributed by atoms with Gasteiger partial charge in [0.15, 0.2) is 11.5 Å². The van der Waals surface area contributed by atoms with Crippen molar-refractivity contribution in [1.29, 1.82) is 0 Å². The predicted octanol–water partition coefficient (Wildman–Crippen LogP) is 2.82. The number of rotatable bonds is 2. The van der Waals surface area contributed by atoms with Gasteiger partial charge in [-0.1, -0.05) is 0 Å². The molecule has 1 saturated heterocycles. The molecule has 1 N–H and O–H groups in total. The van der Waals surface area contributed by atoms with Crippen molar-refractivity contribution in [1.82, 2.24) is 34.9 Å². The first kappa shape index (κ1) is 16.1. The van der Waals surface area contributed by atoms with Crippen LogP contribution in [0.1, 0.15) is 30.1 Å². The molecular formula is C20H20FN7. The van der Waals surface area contributed by atoms with Crippen LogP contribution in [0, 0.1) is 25.1 Å². The Morgan fingerprint density at radius 2 is 1.93 bits per heavy atom. The lowest BCUT2D eigenvalue weighted by atomic mass is 9.62. The highest BCUT2D eigenvalue weighted by molar-refractivity contribution is 5.81. The number of halogens is 1. The minimum absolute atomic E-state index is 0.267. The SMILES string of the molecule is Cc1cn2nc(-c3cc(F)c4nn(C5CC6(CNC6)C5)nc4c3)cc(C)c2n1. The summed E-state index contributed by atoms with van der Waals surface area (Å²) in [6, 6.07) is 5.57. The van der Waals surface area contributed by atoms with E-state index in [1.807, 2.05) is 32.2 Å². The molecule has 8 heteroatoms. The highest BCUT2D eigenvalue weighted by Gasteiger charge is 2.50. The molecule has 4 aromatic rings. The molecule has 2 aliphatic rings. The van der Waals surface area contributed by atoms with Crippen LogP contribution in [0.15, 0.2) is 24.4 Å². The third-order valence-corrected chi connectivity index (χ3v) is 6.15. The molecule has 0 unspecified atom stereocenters. The van der Waals surface area contributed by atoms with Crippen LogP contribution in [0.4, 0.5) is 4.39 Å². The first-order chi connectivity index (χ1) is 13.5. The summed E-state index contributed by atoms with van der Waals surface area (Å²) in [6.07, 6.45) is 4.00. The predicted molar refractivity (Wildman–Crippen MR) is 103 cm³/mol. The molecule has 0 amide bonds. The van der Waals surface area contributed by atoms with Crippen LogP contribution in [0.25, 0.3) is 27.9 Å². The molecule has 1 aliphatic heterocycles. The lowest BCUT2D eigenvalue weighted by Crippen LogP contribution is -2.60. The van der Waals surface area contributed by atoms with Crippen molar-refractivity contribution in [3.63, 3.8) is 0 Å². The molecule has 142 valence electrons. The quantitative estimate of drug-likeness (QED) is 0.582. The van der Waals surface area contributed by atoms with Crippen LogP contribution in [-0.2, 0) is 0 Å². The summed E-state index contributed by atoms with van der Waals surface area (Å²) in [4.78, 5) is 6.18. The molecule has 6 rings (SSSR count). The summed E-state index contributed by atoms with van der Waals surface area (Å²) in [5.74, 6) is -0.362. The zero-order chi connectivity index (χ0) is 19.0. The fraction of sp³-hybridized carbons (Fsp3) is 0.400. The Kier molecular flexibility index (Phi) is 3.08. The Balaban J connectivity index is 1.41. The van der Waals surface area contributed by atoms with Gasteiger partial charge in [0.2, 0.25) is 0 Å². The number of hydrogen-bond donors (Lipinski definition) is 1. The largest absolute Gasteiger partial charge is 0.316 e. The number of hydrogen-bond acceptors (Lipinski definition) is 5. The number of benzene rings is 1. The van der Waals surface area contributed by atoms with E-state index >= 15 is 0 Å². The van der Waals surface area contributed by atoms with Crippen molar-refractivity contribution in [2.24, 2.45) is 5.41 Å². The normalized spacial score (nSPS) is 18.7. The lowest BCUT2D eigenvalue weighted by molar-refractivity contribution is -0.00333. The number of aromatic nitrogens is 6. The van der Waals surface area contributed by atoms with Crippen LogP contribution < -0.4 is 5.32 Å². The average Bonchev–Trinajstić information content (AvgIpc) is 3.15. The minimum Gasteiger partial charge on any atom is -0.316 e. The maximum absolute atomic E-state index is 14.8. The molecule has 0 atom stereocenters. The van der Waals surface area contributed by atoms with Gasteiger partial charge in [0.05, 0.1) is 23.6 Å². The zero-order valence-corrected chi connectivity index (χ0v) is 15.8. The lowest BCUT2D eigenvalue weighted by Gasteiger charge is -2.53. The number of fused-ring (bicyclic) bond motifs is 2. The zero-order valence-electron chi connectivity index (χ0n) is 15.8. The van der Waals surface area contributed by atoms with Crippen molar-refractivity contribution in [3.8, 4) is 11.3 Å². The summed E-state index contributed by atoms with van der Waals surface area (Å²) in [5, 5.41) is 17.0. The Labute approximate surface area is 160 Å². The van der Waals surface area contributed by atoms with Gasteiger partial charge in [0.25, 0.3) is 0 Å². The van der Waals surface area contributed by atoms with Gasteiger partial charge >= 0.3 is 0 Å². The topological polar surface area (TPSA) is 72.9 Å². The highest BCUT2D eigenvalue weighted by Crippen LogP contribution is 2.50. The van der Waals surface area contributed by atoms with Gasteiger partial charge in [0.1, 0.15) is 11.0 Å². The van der Waals surface area contributed by atoms with E-state index in [9.17, 15) is 4.39 Å². The summed E-state index contributed by atoms with van der Waals surface area (Å²) in [6.45, 7) is 6.07. The van der Waals surface area contributed by atoms with Crippen molar-refractivity contribution < 1.29 is 4.39 Å². The average molecular weight is 377 g/mol. The third-order valence-electron chi connectivity index (χ3n) is 6.15. The Morgan fingerprint density at radius 3 is 2.68 bits per heavy atom. The standard InChI is InChI=1S/C20H20FN7/c1-11-3-16(24-27-8-12(2)23-19(11)27)13-4-15(21)18-17(5-13)25-28(26-18)14-6-20(7-14)9-22-10-20/h3-5,8,14,22H,6-7,9-10H2,1-2H3. The molecule has 1 spiro atoms. The number of nitrogens with zero attached hydrogens (tertiary/aromatic N) is 6. The van der Waals surface area contributed by atoms with Crippen molar-refractivity contribution in [3.05, 3.63) is 41.5 Å². The second kappa shape index (κ2) is 5.35. The van der Waals surface area contributed by atoms with Crippen molar-refractivity contribution in [2.75, 3.05) is 13.1 Å².